The molecule has 1 aromatic heterocycles. The van der Waals surface area contributed by atoms with E-state index in [0.29, 0.717) is 11.6 Å². The Bertz CT molecular complexity index is 1080. The van der Waals surface area contributed by atoms with Crippen LogP contribution >= 0.6 is 0 Å². The van der Waals surface area contributed by atoms with Gasteiger partial charge in [0.25, 0.3) is 5.91 Å². The number of imidazole rings is 1. The topological polar surface area (TPSA) is 75.0 Å². The van der Waals surface area contributed by atoms with Crippen LogP contribution in [0.1, 0.15) is 55.1 Å². The van der Waals surface area contributed by atoms with Gasteiger partial charge in [-0.05, 0) is 63.1 Å². The van der Waals surface area contributed by atoms with E-state index < -0.39 is 17.5 Å². The van der Waals surface area contributed by atoms with Gasteiger partial charge in [-0.25, -0.2) is 13.8 Å². The fraction of sp³-hybridized carbons (Fsp3) is 0.364. The summed E-state index contributed by atoms with van der Waals surface area (Å²) >= 11 is 0. The van der Waals surface area contributed by atoms with Crippen LogP contribution in [0, 0.1) is 11.6 Å². The minimum absolute atomic E-state index is 0.0330. The largest absolute Gasteiger partial charge is 0.366 e. The molecule has 1 unspecified atom stereocenters. The number of H-pyrrole nitrogens is 1. The highest BCUT2D eigenvalue weighted by atomic mass is 19.1. The number of aromatic amines is 1. The van der Waals surface area contributed by atoms with Gasteiger partial charge in [0.1, 0.15) is 23.0 Å². The lowest BCUT2D eigenvalue weighted by Gasteiger charge is -2.39. The number of hydrogen-bond donors (Lipinski definition) is 2. The Kier molecular flexibility index (Phi) is 5.08. The predicted octanol–water partition coefficient (Wildman–Crippen LogP) is 4.54. The van der Waals surface area contributed by atoms with Crippen molar-refractivity contribution in [3.8, 4) is 11.4 Å². The van der Waals surface area contributed by atoms with Crippen LogP contribution in [0.3, 0.4) is 0 Å². The van der Waals surface area contributed by atoms with E-state index >= 15 is 4.39 Å². The second-order valence-electron chi connectivity index (χ2n) is 7.88. The maximum atomic E-state index is 15.0. The minimum Gasteiger partial charge on any atom is -0.366 e. The molecule has 1 fully saturated rings. The average Bonchev–Trinajstić information content (AvgIpc) is 3.10. The summed E-state index contributed by atoms with van der Waals surface area (Å²) in [6.45, 7) is 5.33. The summed E-state index contributed by atoms with van der Waals surface area (Å²) in [6.07, 6.45) is 3.29. The summed E-state index contributed by atoms with van der Waals surface area (Å²) in [7, 11) is 0. The highest BCUT2D eigenvalue weighted by molar-refractivity contribution is 6.04. The fourth-order valence-electron chi connectivity index (χ4n) is 4.26. The van der Waals surface area contributed by atoms with Crippen LogP contribution in [0.25, 0.3) is 22.4 Å². The van der Waals surface area contributed by atoms with Gasteiger partial charge in [0.15, 0.2) is 0 Å². The number of aromatic nitrogens is 2. The van der Waals surface area contributed by atoms with Crippen molar-refractivity contribution >= 4 is 16.9 Å². The molecule has 3 N–H and O–H groups in total. The molecule has 152 valence electrons. The Morgan fingerprint density at radius 1 is 1.24 bits per heavy atom. The van der Waals surface area contributed by atoms with E-state index in [9.17, 15) is 9.18 Å². The molecule has 0 aliphatic carbocycles. The lowest BCUT2D eigenvalue weighted by Crippen LogP contribution is -2.38. The number of primary amides is 1. The van der Waals surface area contributed by atoms with Crippen LogP contribution in [0.15, 0.2) is 30.3 Å². The van der Waals surface area contributed by atoms with Gasteiger partial charge in [-0.3, -0.25) is 9.69 Å². The Balaban J connectivity index is 1.73. The number of nitrogens with one attached hydrogen (secondary N) is 1. The maximum Gasteiger partial charge on any atom is 0.251 e. The van der Waals surface area contributed by atoms with Crippen molar-refractivity contribution in [1.29, 1.82) is 0 Å². The minimum atomic E-state index is -0.783. The maximum absolute atomic E-state index is 15.0. The molecule has 0 bridgehead atoms. The molecule has 5 nitrogen and oxygen atoms in total. The van der Waals surface area contributed by atoms with E-state index in [1.54, 1.807) is 12.1 Å². The third-order valence-corrected chi connectivity index (χ3v) is 5.66. The molecule has 0 saturated carbocycles. The Hall–Kier alpha value is -2.80. The number of piperidine rings is 1. The van der Waals surface area contributed by atoms with Gasteiger partial charge >= 0.3 is 0 Å². The van der Waals surface area contributed by atoms with E-state index in [2.05, 4.69) is 28.7 Å². The number of fused-ring (bicyclic) bond motifs is 1. The van der Waals surface area contributed by atoms with Gasteiger partial charge in [-0.15, -0.1) is 0 Å². The Labute approximate surface area is 167 Å². The highest BCUT2D eigenvalue weighted by Gasteiger charge is 2.27. The number of carbonyl (C=O) groups excluding carboxylic acids is 1. The Morgan fingerprint density at radius 2 is 2.03 bits per heavy atom. The smallest absolute Gasteiger partial charge is 0.251 e. The quantitative estimate of drug-likeness (QED) is 0.677. The number of nitrogens with two attached hydrogens (primary N) is 1. The van der Waals surface area contributed by atoms with Crippen molar-refractivity contribution in [3.05, 3.63) is 53.1 Å². The highest BCUT2D eigenvalue weighted by Crippen LogP contribution is 2.34. The van der Waals surface area contributed by atoms with Crippen LogP contribution in [-0.2, 0) is 0 Å². The van der Waals surface area contributed by atoms with E-state index in [1.165, 1.54) is 6.07 Å². The van der Waals surface area contributed by atoms with E-state index in [1.807, 2.05) is 6.07 Å². The first-order valence-electron chi connectivity index (χ1n) is 9.89. The first kappa shape index (κ1) is 19.5. The zero-order valence-electron chi connectivity index (χ0n) is 16.5. The second-order valence-corrected chi connectivity index (χ2v) is 7.88. The predicted molar refractivity (Wildman–Crippen MR) is 108 cm³/mol. The van der Waals surface area contributed by atoms with Gasteiger partial charge in [-0.2, -0.15) is 0 Å². The summed E-state index contributed by atoms with van der Waals surface area (Å²) < 4.78 is 28.8. The summed E-state index contributed by atoms with van der Waals surface area (Å²) in [6, 6.07) is 8.01. The molecule has 1 atom stereocenters. The molecule has 3 aromatic rings. The van der Waals surface area contributed by atoms with Crippen LogP contribution in [-0.4, -0.2) is 33.4 Å². The summed E-state index contributed by atoms with van der Waals surface area (Å²) in [5.41, 5.74) is 7.04. The first-order chi connectivity index (χ1) is 13.8. The number of hydrogen-bond acceptors (Lipinski definition) is 3. The molecule has 1 amide bonds. The molecule has 2 heterocycles. The normalized spacial score (nSPS) is 17.9. The number of halogens is 2. The number of benzene rings is 2. The van der Waals surface area contributed by atoms with Gasteiger partial charge in [0.2, 0.25) is 0 Å². The van der Waals surface area contributed by atoms with Crippen LogP contribution in [0.2, 0.25) is 0 Å². The van der Waals surface area contributed by atoms with Crippen molar-refractivity contribution in [3.63, 3.8) is 0 Å². The molecule has 7 heteroatoms. The molecular formula is C22H24F2N4O. The number of nitrogens with zero attached hydrogens (tertiary/aromatic N) is 2. The van der Waals surface area contributed by atoms with Gasteiger partial charge < -0.3 is 10.7 Å². The average molecular weight is 398 g/mol. The van der Waals surface area contributed by atoms with Crippen molar-refractivity contribution in [2.75, 3.05) is 6.54 Å². The summed E-state index contributed by atoms with van der Waals surface area (Å²) in [5.74, 6) is -1.56. The van der Waals surface area contributed by atoms with Crippen molar-refractivity contribution in [1.82, 2.24) is 14.9 Å². The fourth-order valence-corrected chi connectivity index (χ4v) is 4.26. The number of amides is 1. The van der Waals surface area contributed by atoms with Crippen molar-refractivity contribution < 1.29 is 13.6 Å². The van der Waals surface area contributed by atoms with Crippen LogP contribution in [0.4, 0.5) is 8.78 Å². The van der Waals surface area contributed by atoms with E-state index in [0.717, 1.165) is 37.4 Å². The standard InChI is InChI=1S/C22H24F2N4O/c1-12(2)28-8-4-3-5-19(28)13-6-7-15(17(24)9-13)22-26-18-11-14(23)10-16(21(25)29)20(18)27-22/h6-7,9-12,19H,3-5,8H2,1-2H3,(H2,25,29)(H,26,27). The van der Waals surface area contributed by atoms with E-state index in [-0.39, 0.29) is 28.5 Å². The molecule has 1 aliphatic heterocycles. The molecule has 4 rings (SSSR count). The van der Waals surface area contributed by atoms with Gasteiger partial charge in [0, 0.05) is 12.1 Å². The van der Waals surface area contributed by atoms with Gasteiger partial charge in [-0.1, -0.05) is 12.5 Å². The van der Waals surface area contributed by atoms with E-state index in [4.69, 9.17) is 5.73 Å². The third kappa shape index (κ3) is 3.62. The number of carbonyl (C=O) groups is 1. The molecule has 2 aromatic carbocycles. The van der Waals surface area contributed by atoms with Crippen molar-refractivity contribution in [2.24, 2.45) is 5.73 Å². The summed E-state index contributed by atoms with van der Waals surface area (Å²) in [5, 5.41) is 0. The zero-order chi connectivity index (χ0) is 20.7. The molecular weight excluding hydrogens is 374 g/mol. The van der Waals surface area contributed by atoms with Crippen LogP contribution < -0.4 is 5.73 Å². The SMILES string of the molecule is CC(C)N1CCCCC1c1ccc(-c2nc3c(C(N)=O)cc(F)cc3[nH]2)c(F)c1. The lowest BCUT2D eigenvalue weighted by atomic mass is 9.93. The van der Waals surface area contributed by atoms with Crippen molar-refractivity contribution in [2.45, 2.75) is 45.2 Å². The molecule has 1 saturated heterocycles. The Morgan fingerprint density at radius 3 is 2.72 bits per heavy atom. The molecule has 0 radical (unpaired) electrons. The first-order valence-corrected chi connectivity index (χ1v) is 9.89. The molecule has 0 spiro atoms. The monoisotopic (exact) mass is 398 g/mol. The lowest BCUT2D eigenvalue weighted by molar-refractivity contribution is 0.100. The molecule has 29 heavy (non-hydrogen) atoms. The zero-order valence-corrected chi connectivity index (χ0v) is 16.5. The number of rotatable bonds is 4. The van der Waals surface area contributed by atoms with Gasteiger partial charge in [0.05, 0.1) is 16.6 Å². The van der Waals surface area contributed by atoms with Crippen LogP contribution in [0.5, 0.6) is 0 Å². The summed E-state index contributed by atoms with van der Waals surface area (Å²) in [4.78, 5) is 21.2. The molecule has 1 aliphatic rings. The third-order valence-electron chi connectivity index (χ3n) is 5.66. The second kappa shape index (κ2) is 7.55. The number of likely N-dealkylation sites (tertiary alicyclic amines) is 1.